The van der Waals surface area contributed by atoms with Gasteiger partial charge < -0.3 is 15.4 Å². The van der Waals surface area contributed by atoms with E-state index in [-0.39, 0.29) is 0 Å². The average Bonchev–Trinajstić information content (AvgIpc) is 2.86. The smallest absolute Gasteiger partial charge is 0.191 e. The van der Waals surface area contributed by atoms with E-state index >= 15 is 0 Å². The fourth-order valence-corrected chi connectivity index (χ4v) is 1.97. The number of aliphatic imine (C=N–C) groups is 1. The number of guanidine groups is 1. The second-order valence-electron chi connectivity index (χ2n) is 3.86. The summed E-state index contributed by atoms with van der Waals surface area (Å²) in [5.41, 5.74) is 0. The van der Waals surface area contributed by atoms with Crippen LogP contribution >= 0.6 is 0 Å². The van der Waals surface area contributed by atoms with Crippen LogP contribution in [0.4, 0.5) is 0 Å². The average molecular weight is 197 g/mol. The van der Waals surface area contributed by atoms with Gasteiger partial charge in [-0.25, -0.2) is 0 Å². The molecule has 0 spiro atoms. The van der Waals surface area contributed by atoms with Crippen molar-refractivity contribution in [2.75, 3.05) is 26.2 Å². The maximum absolute atomic E-state index is 5.72. The molecule has 0 aromatic rings. The first kappa shape index (κ1) is 9.77. The third-order valence-corrected chi connectivity index (χ3v) is 2.72. The van der Waals surface area contributed by atoms with Crippen molar-refractivity contribution in [1.29, 1.82) is 0 Å². The van der Waals surface area contributed by atoms with Crippen molar-refractivity contribution in [2.24, 2.45) is 4.99 Å². The SMILES string of the molecule is C1CCC(OCCNC2=NCCN2)C1. The molecule has 0 bridgehead atoms. The monoisotopic (exact) mass is 197 g/mol. The van der Waals surface area contributed by atoms with Crippen LogP contribution in [0.25, 0.3) is 0 Å². The summed E-state index contributed by atoms with van der Waals surface area (Å²) in [6, 6.07) is 0. The third kappa shape index (κ3) is 2.87. The van der Waals surface area contributed by atoms with Crippen molar-refractivity contribution in [3.05, 3.63) is 0 Å². The molecule has 1 heterocycles. The van der Waals surface area contributed by atoms with E-state index < -0.39 is 0 Å². The van der Waals surface area contributed by atoms with Gasteiger partial charge in [0, 0.05) is 13.1 Å². The van der Waals surface area contributed by atoms with E-state index in [4.69, 9.17) is 4.74 Å². The summed E-state index contributed by atoms with van der Waals surface area (Å²) >= 11 is 0. The van der Waals surface area contributed by atoms with Crippen LogP contribution in [0.3, 0.4) is 0 Å². The molecule has 0 atom stereocenters. The predicted molar refractivity (Wildman–Crippen MR) is 56.5 cm³/mol. The molecule has 2 rings (SSSR count). The second-order valence-corrected chi connectivity index (χ2v) is 3.86. The van der Waals surface area contributed by atoms with Gasteiger partial charge in [0.2, 0.25) is 0 Å². The van der Waals surface area contributed by atoms with Gasteiger partial charge in [-0.15, -0.1) is 0 Å². The molecular formula is C10H19N3O. The second kappa shape index (κ2) is 5.20. The zero-order valence-electron chi connectivity index (χ0n) is 8.59. The van der Waals surface area contributed by atoms with Gasteiger partial charge in [0.1, 0.15) is 0 Å². The van der Waals surface area contributed by atoms with Gasteiger partial charge in [-0.3, -0.25) is 4.99 Å². The summed E-state index contributed by atoms with van der Waals surface area (Å²) in [6.07, 6.45) is 5.70. The van der Waals surface area contributed by atoms with E-state index in [0.717, 1.165) is 32.2 Å². The Kier molecular flexibility index (Phi) is 3.63. The standard InChI is InChI=1S/C10H19N3O/c1-2-4-9(3-1)14-8-7-13-10-11-5-6-12-10/h9H,1-8H2,(H2,11,12,13). The van der Waals surface area contributed by atoms with Crippen LogP contribution in [0.1, 0.15) is 25.7 Å². The Balaban J connectivity index is 1.50. The number of hydrogen-bond donors (Lipinski definition) is 2. The van der Waals surface area contributed by atoms with Gasteiger partial charge in [-0.05, 0) is 12.8 Å². The summed E-state index contributed by atoms with van der Waals surface area (Å²) in [6.45, 7) is 3.52. The van der Waals surface area contributed by atoms with E-state index in [0.29, 0.717) is 6.10 Å². The van der Waals surface area contributed by atoms with Crippen molar-refractivity contribution < 1.29 is 4.74 Å². The lowest BCUT2D eigenvalue weighted by Gasteiger charge is -2.11. The van der Waals surface area contributed by atoms with Crippen LogP contribution < -0.4 is 10.6 Å². The number of nitrogens with one attached hydrogen (secondary N) is 2. The molecule has 0 radical (unpaired) electrons. The molecule has 80 valence electrons. The fourth-order valence-electron chi connectivity index (χ4n) is 1.97. The van der Waals surface area contributed by atoms with E-state index in [1.165, 1.54) is 25.7 Å². The van der Waals surface area contributed by atoms with Crippen LogP contribution in [0.15, 0.2) is 4.99 Å². The molecule has 1 aliphatic carbocycles. The zero-order chi connectivity index (χ0) is 9.64. The van der Waals surface area contributed by atoms with Crippen molar-refractivity contribution in [3.8, 4) is 0 Å². The fraction of sp³-hybridized carbons (Fsp3) is 0.900. The molecular weight excluding hydrogens is 178 g/mol. The molecule has 1 saturated carbocycles. The molecule has 4 nitrogen and oxygen atoms in total. The van der Waals surface area contributed by atoms with Crippen LogP contribution in [0.2, 0.25) is 0 Å². The van der Waals surface area contributed by atoms with Gasteiger partial charge in [0.15, 0.2) is 5.96 Å². The minimum atomic E-state index is 0.523. The summed E-state index contributed by atoms with van der Waals surface area (Å²) in [7, 11) is 0. The lowest BCUT2D eigenvalue weighted by molar-refractivity contribution is 0.0622. The Bertz CT molecular complexity index is 200. The maximum atomic E-state index is 5.72. The third-order valence-electron chi connectivity index (χ3n) is 2.72. The zero-order valence-corrected chi connectivity index (χ0v) is 8.59. The molecule has 0 amide bonds. The number of rotatable bonds is 4. The molecule has 0 aromatic heterocycles. The van der Waals surface area contributed by atoms with E-state index in [1.807, 2.05) is 0 Å². The minimum absolute atomic E-state index is 0.523. The molecule has 0 unspecified atom stereocenters. The summed E-state index contributed by atoms with van der Waals surface area (Å²) < 4.78 is 5.72. The maximum Gasteiger partial charge on any atom is 0.191 e. The topological polar surface area (TPSA) is 45.6 Å². The summed E-state index contributed by atoms with van der Waals surface area (Å²) in [5.74, 6) is 0.931. The molecule has 0 aromatic carbocycles. The van der Waals surface area contributed by atoms with Crippen molar-refractivity contribution in [3.63, 3.8) is 0 Å². The van der Waals surface area contributed by atoms with E-state index in [9.17, 15) is 0 Å². The van der Waals surface area contributed by atoms with Crippen molar-refractivity contribution >= 4 is 5.96 Å². The Hall–Kier alpha value is -0.770. The molecule has 14 heavy (non-hydrogen) atoms. The van der Waals surface area contributed by atoms with Gasteiger partial charge in [0.05, 0.1) is 19.3 Å². The highest BCUT2D eigenvalue weighted by Crippen LogP contribution is 2.20. The Morgan fingerprint density at radius 3 is 3.00 bits per heavy atom. The number of ether oxygens (including phenoxy) is 1. The molecule has 1 fully saturated rings. The Morgan fingerprint density at radius 2 is 2.29 bits per heavy atom. The molecule has 4 heteroatoms. The summed E-state index contributed by atoms with van der Waals surface area (Å²) in [4.78, 5) is 4.24. The lowest BCUT2D eigenvalue weighted by atomic mass is 10.3. The predicted octanol–water partition coefficient (Wildman–Crippen LogP) is 0.494. The first-order chi connectivity index (χ1) is 6.95. The molecule has 2 aliphatic rings. The Morgan fingerprint density at radius 1 is 1.43 bits per heavy atom. The number of hydrogen-bond acceptors (Lipinski definition) is 4. The molecule has 2 N–H and O–H groups in total. The molecule has 0 saturated heterocycles. The minimum Gasteiger partial charge on any atom is -0.376 e. The van der Waals surface area contributed by atoms with Gasteiger partial charge >= 0.3 is 0 Å². The molecule has 1 aliphatic heterocycles. The van der Waals surface area contributed by atoms with Crippen LogP contribution in [0, 0.1) is 0 Å². The van der Waals surface area contributed by atoms with Crippen molar-refractivity contribution in [2.45, 2.75) is 31.8 Å². The summed E-state index contributed by atoms with van der Waals surface area (Å²) in [5, 5.41) is 6.39. The Labute approximate surface area is 85.1 Å². The van der Waals surface area contributed by atoms with Crippen LogP contribution in [0.5, 0.6) is 0 Å². The van der Waals surface area contributed by atoms with Gasteiger partial charge in [-0.2, -0.15) is 0 Å². The van der Waals surface area contributed by atoms with Crippen LogP contribution in [-0.4, -0.2) is 38.3 Å². The first-order valence-corrected chi connectivity index (χ1v) is 5.59. The normalized spacial score (nSPS) is 22.1. The highest BCUT2D eigenvalue weighted by Gasteiger charge is 2.14. The van der Waals surface area contributed by atoms with Gasteiger partial charge in [0.25, 0.3) is 0 Å². The quantitative estimate of drug-likeness (QED) is 0.645. The highest BCUT2D eigenvalue weighted by molar-refractivity contribution is 5.81. The van der Waals surface area contributed by atoms with Gasteiger partial charge in [-0.1, -0.05) is 12.8 Å². The first-order valence-electron chi connectivity index (χ1n) is 5.59. The lowest BCUT2D eigenvalue weighted by Crippen LogP contribution is -2.36. The number of nitrogens with zero attached hydrogens (tertiary/aromatic N) is 1. The van der Waals surface area contributed by atoms with E-state index in [2.05, 4.69) is 15.6 Å². The van der Waals surface area contributed by atoms with Crippen molar-refractivity contribution in [1.82, 2.24) is 10.6 Å². The largest absolute Gasteiger partial charge is 0.376 e. The van der Waals surface area contributed by atoms with Crippen LogP contribution in [-0.2, 0) is 4.74 Å². The van der Waals surface area contributed by atoms with E-state index in [1.54, 1.807) is 0 Å². The highest BCUT2D eigenvalue weighted by atomic mass is 16.5.